The Labute approximate surface area is 328 Å². The number of anilines is 3. The van der Waals surface area contributed by atoms with Gasteiger partial charge in [0.1, 0.15) is 0 Å². The first-order chi connectivity index (χ1) is 27.3. The number of nitrogens with zero attached hydrogens (tertiary/aromatic N) is 2. The summed E-state index contributed by atoms with van der Waals surface area (Å²) in [7, 11) is 0. The van der Waals surface area contributed by atoms with Gasteiger partial charge in [-0.15, -0.1) is 0 Å². The average molecular weight is 719 g/mol. The molecule has 2 nitrogen and oxygen atoms in total. The Bertz CT molecular complexity index is 3000. The minimum Gasteiger partial charge on any atom is -0.310 e. The van der Waals surface area contributed by atoms with E-state index < -0.39 is 0 Å². The molecule has 268 valence electrons. The number of para-hydroxylation sites is 3. The van der Waals surface area contributed by atoms with E-state index in [1.165, 1.54) is 83.1 Å². The van der Waals surface area contributed by atoms with Gasteiger partial charge in [-0.3, -0.25) is 0 Å². The summed E-state index contributed by atoms with van der Waals surface area (Å²) in [5, 5.41) is 2.61. The van der Waals surface area contributed by atoms with Gasteiger partial charge in [0, 0.05) is 49.9 Å². The summed E-state index contributed by atoms with van der Waals surface area (Å²) >= 11 is 0. The molecule has 0 fully saturated rings. The van der Waals surface area contributed by atoms with Gasteiger partial charge in [0.05, 0.1) is 11.0 Å². The Morgan fingerprint density at radius 1 is 0.411 bits per heavy atom. The van der Waals surface area contributed by atoms with Crippen LogP contribution in [0.15, 0.2) is 182 Å². The van der Waals surface area contributed by atoms with Crippen molar-refractivity contribution in [3.63, 3.8) is 0 Å². The van der Waals surface area contributed by atoms with E-state index in [4.69, 9.17) is 0 Å². The van der Waals surface area contributed by atoms with Gasteiger partial charge in [-0.05, 0) is 111 Å². The molecule has 0 spiro atoms. The molecule has 0 saturated heterocycles. The van der Waals surface area contributed by atoms with Crippen molar-refractivity contribution in [1.29, 1.82) is 0 Å². The highest BCUT2D eigenvalue weighted by molar-refractivity contribution is 6.21. The average Bonchev–Trinajstić information content (AvgIpc) is 3.79. The van der Waals surface area contributed by atoms with Gasteiger partial charge >= 0.3 is 0 Å². The highest BCUT2D eigenvalue weighted by Crippen LogP contribution is 2.56. The normalized spacial score (nSPS) is 14.4. The fourth-order valence-corrected chi connectivity index (χ4v) is 10.0. The smallest absolute Gasteiger partial charge is 0.0625 e. The summed E-state index contributed by atoms with van der Waals surface area (Å²) in [4.78, 5) is 2.40. The third kappa shape index (κ3) is 4.56. The SMILES string of the molecule is CC1(C)c2ccccc2-c2ccc(N(c3ccccc3)c3ccc(-c4cc5c(c6c7ccccc7n(-c7ccccc7)c46)-c4ccccc4C5(C)C)cc3)cc21. The van der Waals surface area contributed by atoms with Crippen molar-refractivity contribution in [3.05, 3.63) is 204 Å². The van der Waals surface area contributed by atoms with Crippen LogP contribution >= 0.6 is 0 Å². The largest absolute Gasteiger partial charge is 0.310 e. The molecule has 0 aliphatic heterocycles. The number of benzene rings is 8. The zero-order chi connectivity index (χ0) is 37.8. The molecule has 0 amide bonds. The number of aromatic nitrogens is 1. The van der Waals surface area contributed by atoms with Crippen LogP contribution in [0.25, 0.3) is 60.9 Å². The molecule has 0 N–H and O–H groups in total. The van der Waals surface area contributed by atoms with Gasteiger partial charge in [-0.2, -0.15) is 0 Å². The van der Waals surface area contributed by atoms with E-state index in [9.17, 15) is 0 Å². The molecule has 1 aromatic heterocycles. The van der Waals surface area contributed by atoms with Gasteiger partial charge in [-0.25, -0.2) is 0 Å². The van der Waals surface area contributed by atoms with E-state index in [1.807, 2.05) is 0 Å². The Balaban J connectivity index is 1.13. The quantitative estimate of drug-likeness (QED) is 0.172. The maximum atomic E-state index is 2.50. The second-order valence-electron chi connectivity index (χ2n) is 16.5. The number of hydrogen-bond acceptors (Lipinski definition) is 1. The Kier molecular flexibility index (Phi) is 6.98. The van der Waals surface area contributed by atoms with E-state index >= 15 is 0 Å². The fraction of sp³-hybridized carbons (Fsp3) is 0.111. The molecule has 0 unspecified atom stereocenters. The van der Waals surface area contributed by atoms with Crippen molar-refractivity contribution < 1.29 is 0 Å². The molecule has 0 bridgehead atoms. The Morgan fingerprint density at radius 2 is 0.964 bits per heavy atom. The minimum atomic E-state index is -0.143. The first-order valence-corrected chi connectivity index (χ1v) is 19.8. The van der Waals surface area contributed by atoms with Crippen LogP contribution in [-0.4, -0.2) is 4.57 Å². The molecule has 8 aromatic carbocycles. The maximum Gasteiger partial charge on any atom is 0.0625 e. The van der Waals surface area contributed by atoms with Crippen LogP contribution in [0.1, 0.15) is 49.9 Å². The predicted octanol–water partition coefficient (Wildman–Crippen LogP) is 14.5. The predicted molar refractivity (Wildman–Crippen MR) is 236 cm³/mol. The standard InChI is InChI=1S/C54H42N2/c1-53(2)45-24-14-11-21-40(45)41-32-31-39(33-47(41)53)55(36-17-7-5-8-18-36)38-29-27-35(28-30-38)44-34-48-50(42-22-12-15-25-46(42)54(48,3)4)51-43-23-13-16-26-49(43)56(52(44)51)37-19-9-6-10-20-37/h5-34H,1-4H3. The molecule has 9 aromatic rings. The minimum absolute atomic E-state index is 0.0856. The van der Waals surface area contributed by atoms with Crippen LogP contribution in [0.5, 0.6) is 0 Å². The number of fused-ring (bicyclic) bond motifs is 10. The van der Waals surface area contributed by atoms with Crippen molar-refractivity contribution in [2.24, 2.45) is 0 Å². The van der Waals surface area contributed by atoms with Crippen LogP contribution in [0.4, 0.5) is 17.1 Å². The van der Waals surface area contributed by atoms with Crippen molar-refractivity contribution in [2.75, 3.05) is 4.90 Å². The summed E-state index contributed by atoms with van der Waals surface area (Å²) in [6, 6.07) is 67.3. The molecule has 2 aliphatic carbocycles. The zero-order valence-electron chi connectivity index (χ0n) is 32.2. The lowest BCUT2D eigenvalue weighted by Gasteiger charge is -2.28. The number of rotatable bonds is 5. The van der Waals surface area contributed by atoms with Gasteiger partial charge in [0.2, 0.25) is 0 Å². The van der Waals surface area contributed by atoms with Gasteiger partial charge < -0.3 is 9.47 Å². The molecule has 0 saturated carbocycles. The summed E-state index contributed by atoms with van der Waals surface area (Å²) in [5.41, 5.74) is 20.2. The van der Waals surface area contributed by atoms with Crippen LogP contribution in [0.3, 0.4) is 0 Å². The summed E-state index contributed by atoms with van der Waals surface area (Å²) in [5.74, 6) is 0. The summed E-state index contributed by atoms with van der Waals surface area (Å²) in [6.07, 6.45) is 0. The van der Waals surface area contributed by atoms with Crippen molar-refractivity contribution in [3.8, 4) is 39.1 Å². The van der Waals surface area contributed by atoms with Crippen LogP contribution in [0, 0.1) is 0 Å². The molecule has 0 atom stereocenters. The molecule has 56 heavy (non-hydrogen) atoms. The van der Waals surface area contributed by atoms with E-state index in [0.717, 1.165) is 17.1 Å². The lowest BCUT2D eigenvalue weighted by atomic mass is 9.81. The van der Waals surface area contributed by atoms with Crippen LogP contribution < -0.4 is 4.90 Å². The number of hydrogen-bond donors (Lipinski definition) is 0. The van der Waals surface area contributed by atoms with E-state index in [1.54, 1.807) is 0 Å². The fourth-order valence-electron chi connectivity index (χ4n) is 10.0. The van der Waals surface area contributed by atoms with Crippen LogP contribution in [-0.2, 0) is 10.8 Å². The summed E-state index contributed by atoms with van der Waals surface area (Å²) < 4.78 is 2.49. The molecule has 2 aliphatic rings. The molecular formula is C54H42N2. The monoisotopic (exact) mass is 718 g/mol. The van der Waals surface area contributed by atoms with Gasteiger partial charge in [-0.1, -0.05) is 149 Å². The highest BCUT2D eigenvalue weighted by Gasteiger charge is 2.39. The topological polar surface area (TPSA) is 8.17 Å². The van der Waals surface area contributed by atoms with Gasteiger partial charge in [0.25, 0.3) is 0 Å². The zero-order valence-corrected chi connectivity index (χ0v) is 32.2. The first kappa shape index (κ1) is 32.8. The molecule has 1 heterocycles. The third-order valence-electron chi connectivity index (χ3n) is 12.8. The molecular weight excluding hydrogens is 677 g/mol. The van der Waals surface area contributed by atoms with E-state index in [2.05, 4.69) is 219 Å². The van der Waals surface area contributed by atoms with E-state index in [0.29, 0.717) is 0 Å². The summed E-state index contributed by atoms with van der Waals surface area (Å²) in [6.45, 7) is 9.49. The molecule has 11 rings (SSSR count). The van der Waals surface area contributed by atoms with Crippen molar-refractivity contribution in [2.45, 2.75) is 38.5 Å². The second kappa shape index (κ2) is 11.9. The molecule has 2 heteroatoms. The third-order valence-corrected chi connectivity index (χ3v) is 12.8. The Hall–Kier alpha value is -6.64. The van der Waals surface area contributed by atoms with E-state index in [-0.39, 0.29) is 10.8 Å². The lowest BCUT2D eigenvalue weighted by Crippen LogP contribution is -2.16. The highest BCUT2D eigenvalue weighted by atomic mass is 15.1. The van der Waals surface area contributed by atoms with Crippen LogP contribution in [0.2, 0.25) is 0 Å². The second-order valence-corrected chi connectivity index (χ2v) is 16.5. The maximum absolute atomic E-state index is 2.50. The lowest BCUT2D eigenvalue weighted by molar-refractivity contribution is 0.660. The van der Waals surface area contributed by atoms with Crippen molar-refractivity contribution in [1.82, 2.24) is 4.57 Å². The Morgan fingerprint density at radius 3 is 1.71 bits per heavy atom. The first-order valence-electron chi connectivity index (χ1n) is 19.8. The van der Waals surface area contributed by atoms with Crippen molar-refractivity contribution >= 4 is 38.9 Å². The van der Waals surface area contributed by atoms with Gasteiger partial charge in [0.15, 0.2) is 0 Å². The molecule has 0 radical (unpaired) electrons.